The summed E-state index contributed by atoms with van der Waals surface area (Å²) in [6.45, 7) is 0.0125. The molecule has 4 aromatic rings. The fraction of sp³-hybridized carbons (Fsp3) is 0.320. The molecule has 8 heteroatoms. The molecule has 2 heterocycles. The summed E-state index contributed by atoms with van der Waals surface area (Å²) in [6, 6.07) is 18.3. The molecule has 1 saturated carbocycles. The quantitative estimate of drug-likeness (QED) is 0.318. The zero-order valence-corrected chi connectivity index (χ0v) is 19.1. The molecule has 0 aliphatic heterocycles. The van der Waals surface area contributed by atoms with Crippen molar-refractivity contribution in [1.82, 2.24) is 15.0 Å². The largest absolute Gasteiger partial charge is 0.393 e. The number of rotatable bonds is 7. The first-order valence-corrected chi connectivity index (χ1v) is 12.1. The third kappa shape index (κ3) is 5.47. The number of nitrogens with one attached hydrogen (secondary N) is 2. The first kappa shape index (κ1) is 21.8. The minimum absolute atomic E-state index is 0.0125. The Kier molecular flexibility index (Phi) is 6.48. The van der Waals surface area contributed by atoms with Crippen LogP contribution < -0.4 is 10.6 Å². The third-order valence-electron chi connectivity index (χ3n) is 5.91. The van der Waals surface area contributed by atoms with Crippen molar-refractivity contribution in [1.29, 1.82) is 0 Å². The molecule has 1 aliphatic rings. The lowest BCUT2D eigenvalue weighted by atomic mass is 9.93. The van der Waals surface area contributed by atoms with E-state index in [1.807, 2.05) is 42.5 Å². The van der Waals surface area contributed by atoms with Gasteiger partial charge in [-0.05, 0) is 48.9 Å². The van der Waals surface area contributed by atoms with Crippen molar-refractivity contribution >= 4 is 38.5 Å². The van der Waals surface area contributed by atoms with Gasteiger partial charge in [0.25, 0.3) is 0 Å². The van der Waals surface area contributed by atoms with Crippen LogP contribution in [0.3, 0.4) is 0 Å². The Morgan fingerprint density at radius 1 is 0.909 bits per heavy atom. The SMILES string of the molecule is OCc1ccc2nc(Nc3cc(Cc4ccccc4)nc(NC4CCC(O)CC4)n3)sc2c1. The predicted octanol–water partition coefficient (Wildman–Crippen LogP) is 4.63. The second-order valence-corrected chi connectivity index (χ2v) is 9.52. The van der Waals surface area contributed by atoms with Crippen LogP contribution in [0.25, 0.3) is 10.2 Å². The van der Waals surface area contributed by atoms with Gasteiger partial charge in [-0.1, -0.05) is 47.7 Å². The van der Waals surface area contributed by atoms with Crippen molar-refractivity contribution in [3.05, 3.63) is 71.4 Å². The lowest BCUT2D eigenvalue weighted by Crippen LogP contribution is -2.29. The van der Waals surface area contributed by atoms with Crippen molar-refractivity contribution in [2.45, 2.75) is 50.9 Å². The van der Waals surface area contributed by atoms with Crippen molar-refractivity contribution in [2.24, 2.45) is 0 Å². The highest BCUT2D eigenvalue weighted by Crippen LogP contribution is 2.29. The molecule has 1 aliphatic carbocycles. The van der Waals surface area contributed by atoms with E-state index in [0.29, 0.717) is 18.2 Å². The van der Waals surface area contributed by atoms with Gasteiger partial charge in [0.15, 0.2) is 5.13 Å². The van der Waals surface area contributed by atoms with Gasteiger partial charge in [0.2, 0.25) is 5.95 Å². The average Bonchev–Trinajstić information content (AvgIpc) is 3.22. The standard InChI is InChI=1S/C25H27N5O2S/c31-15-17-6-11-21-22(13-17)33-25(28-21)30-23-14-19(12-16-4-2-1-3-5-16)27-24(29-23)26-18-7-9-20(32)10-8-18/h1-6,11,13-14,18,20,31-32H,7-10,12,15H2,(H2,26,27,28,29,30). The fourth-order valence-corrected chi connectivity index (χ4v) is 5.09. The highest BCUT2D eigenvalue weighted by Gasteiger charge is 2.20. The molecule has 2 aromatic carbocycles. The molecule has 5 rings (SSSR count). The zero-order valence-electron chi connectivity index (χ0n) is 18.2. The Hall–Kier alpha value is -3.07. The number of anilines is 3. The van der Waals surface area contributed by atoms with Crippen LogP contribution in [0.2, 0.25) is 0 Å². The maximum atomic E-state index is 9.81. The first-order chi connectivity index (χ1) is 16.1. The second-order valence-electron chi connectivity index (χ2n) is 8.48. The van der Waals surface area contributed by atoms with E-state index >= 15 is 0 Å². The van der Waals surface area contributed by atoms with E-state index in [4.69, 9.17) is 9.97 Å². The highest BCUT2D eigenvalue weighted by molar-refractivity contribution is 7.22. The summed E-state index contributed by atoms with van der Waals surface area (Å²) in [6.07, 6.45) is 3.91. The molecular weight excluding hydrogens is 434 g/mol. The van der Waals surface area contributed by atoms with Crippen LogP contribution in [0.15, 0.2) is 54.6 Å². The molecule has 0 saturated heterocycles. The number of hydrogen-bond donors (Lipinski definition) is 4. The van der Waals surface area contributed by atoms with Gasteiger partial charge in [-0.3, -0.25) is 0 Å². The molecule has 4 N–H and O–H groups in total. The summed E-state index contributed by atoms with van der Waals surface area (Å²) in [5.41, 5.74) is 3.86. The van der Waals surface area contributed by atoms with Gasteiger partial charge in [-0.25, -0.2) is 9.97 Å². The van der Waals surface area contributed by atoms with E-state index in [9.17, 15) is 10.2 Å². The minimum atomic E-state index is -0.198. The minimum Gasteiger partial charge on any atom is -0.393 e. The summed E-state index contributed by atoms with van der Waals surface area (Å²) >= 11 is 1.53. The topological polar surface area (TPSA) is 103 Å². The third-order valence-corrected chi connectivity index (χ3v) is 6.84. The summed E-state index contributed by atoms with van der Waals surface area (Å²) in [4.78, 5) is 14.2. The summed E-state index contributed by atoms with van der Waals surface area (Å²) in [5.74, 6) is 1.28. The molecule has 0 amide bonds. The van der Waals surface area contributed by atoms with E-state index < -0.39 is 0 Å². The van der Waals surface area contributed by atoms with Crippen molar-refractivity contribution in [3.8, 4) is 0 Å². The predicted molar refractivity (Wildman–Crippen MR) is 132 cm³/mol. The molecule has 170 valence electrons. The van der Waals surface area contributed by atoms with Crippen LogP contribution in [0, 0.1) is 0 Å². The van der Waals surface area contributed by atoms with Crippen LogP contribution in [0.4, 0.5) is 16.9 Å². The Balaban J connectivity index is 1.41. The lowest BCUT2D eigenvalue weighted by Gasteiger charge is -2.26. The van der Waals surface area contributed by atoms with Crippen molar-refractivity contribution < 1.29 is 10.2 Å². The van der Waals surface area contributed by atoms with Crippen molar-refractivity contribution in [2.75, 3.05) is 10.6 Å². The Labute approximate surface area is 196 Å². The number of aliphatic hydroxyl groups excluding tert-OH is 2. The van der Waals surface area contributed by atoms with Crippen molar-refractivity contribution in [3.63, 3.8) is 0 Å². The molecule has 1 fully saturated rings. The summed E-state index contributed by atoms with van der Waals surface area (Å²) < 4.78 is 1.02. The lowest BCUT2D eigenvalue weighted by molar-refractivity contribution is 0.126. The van der Waals surface area contributed by atoms with Crippen LogP contribution in [0.1, 0.15) is 42.5 Å². The van der Waals surface area contributed by atoms with Crippen LogP contribution in [0.5, 0.6) is 0 Å². The number of aliphatic hydroxyl groups is 2. The van der Waals surface area contributed by atoms with Gasteiger partial charge in [0.1, 0.15) is 5.82 Å². The average molecular weight is 462 g/mol. The number of benzene rings is 2. The van der Waals surface area contributed by atoms with Crippen LogP contribution in [-0.2, 0) is 13.0 Å². The maximum Gasteiger partial charge on any atom is 0.225 e. The fourth-order valence-electron chi connectivity index (χ4n) is 4.15. The Morgan fingerprint density at radius 2 is 1.73 bits per heavy atom. The Morgan fingerprint density at radius 3 is 2.52 bits per heavy atom. The molecular formula is C25H27N5O2S. The maximum absolute atomic E-state index is 9.81. The van der Waals surface area contributed by atoms with Gasteiger partial charge in [0, 0.05) is 18.5 Å². The Bertz CT molecular complexity index is 1220. The number of thiazole rings is 1. The molecule has 0 spiro atoms. The zero-order chi connectivity index (χ0) is 22.6. The van der Waals surface area contributed by atoms with Gasteiger partial charge in [0.05, 0.1) is 28.6 Å². The number of nitrogens with zero attached hydrogens (tertiary/aromatic N) is 3. The van der Waals surface area contributed by atoms with Gasteiger partial charge >= 0.3 is 0 Å². The van der Waals surface area contributed by atoms with Gasteiger partial charge in [-0.2, -0.15) is 4.98 Å². The molecule has 0 bridgehead atoms. The summed E-state index contributed by atoms with van der Waals surface area (Å²) in [5, 5.41) is 26.8. The number of fused-ring (bicyclic) bond motifs is 1. The molecule has 2 aromatic heterocycles. The van der Waals surface area contributed by atoms with E-state index in [1.54, 1.807) is 0 Å². The van der Waals surface area contributed by atoms with Gasteiger partial charge < -0.3 is 20.8 Å². The monoisotopic (exact) mass is 461 g/mol. The molecule has 0 atom stereocenters. The van der Waals surface area contributed by atoms with Crippen LogP contribution in [-0.4, -0.2) is 37.3 Å². The molecule has 33 heavy (non-hydrogen) atoms. The number of aromatic nitrogens is 3. The summed E-state index contributed by atoms with van der Waals surface area (Å²) in [7, 11) is 0. The first-order valence-electron chi connectivity index (χ1n) is 11.3. The highest BCUT2D eigenvalue weighted by atomic mass is 32.1. The van der Waals surface area contributed by atoms with E-state index in [1.165, 1.54) is 16.9 Å². The van der Waals surface area contributed by atoms with Crippen LogP contribution >= 0.6 is 11.3 Å². The normalized spacial score (nSPS) is 18.4. The molecule has 0 radical (unpaired) electrons. The molecule has 7 nitrogen and oxygen atoms in total. The number of hydrogen-bond acceptors (Lipinski definition) is 8. The van der Waals surface area contributed by atoms with E-state index in [2.05, 4.69) is 27.8 Å². The second kappa shape index (κ2) is 9.82. The molecule has 0 unspecified atom stereocenters. The van der Waals surface area contributed by atoms with E-state index in [0.717, 1.165) is 52.3 Å². The van der Waals surface area contributed by atoms with E-state index in [-0.39, 0.29) is 18.8 Å². The van der Waals surface area contributed by atoms with Gasteiger partial charge in [-0.15, -0.1) is 0 Å². The smallest absolute Gasteiger partial charge is 0.225 e.